The van der Waals surface area contributed by atoms with Crippen LogP contribution in [0.1, 0.15) is 26.3 Å². The van der Waals surface area contributed by atoms with Crippen LogP contribution in [0.3, 0.4) is 0 Å². The average molecular weight is 178 g/mol. The fraction of sp³-hybridized carbons (Fsp3) is 0.500. The molecule has 0 amide bonds. The van der Waals surface area contributed by atoms with Crippen molar-refractivity contribution in [1.29, 1.82) is 0 Å². The normalized spacial score (nSPS) is 14.2. The molecule has 0 saturated heterocycles. The molecule has 0 spiro atoms. The maximum absolute atomic E-state index is 9.54. The fourth-order valence-electron chi connectivity index (χ4n) is 1.27. The van der Waals surface area contributed by atoms with E-state index < -0.39 is 0 Å². The van der Waals surface area contributed by atoms with Crippen LogP contribution in [0.15, 0.2) is 30.3 Å². The first-order valence-electron chi connectivity index (χ1n) is 4.74. The summed E-state index contributed by atoms with van der Waals surface area (Å²) in [4.78, 5) is 0. The van der Waals surface area contributed by atoms with Crippen LogP contribution >= 0.6 is 0 Å². The molecule has 1 atom stereocenters. The largest absolute Gasteiger partial charge is 0.393 e. The molecule has 1 aromatic rings. The first-order valence-corrected chi connectivity index (χ1v) is 4.74. The summed E-state index contributed by atoms with van der Waals surface area (Å²) in [5.74, 6) is 0. The minimum atomic E-state index is -0.271. The van der Waals surface area contributed by atoms with Crippen LogP contribution in [-0.4, -0.2) is 11.2 Å². The minimum Gasteiger partial charge on any atom is -0.393 e. The van der Waals surface area contributed by atoms with Crippen LogP contribution in [0.2, 0.25) is 0 Å². The number of aliphatic hydroxyl groups excluding tert-OH is 1. The summed E-state index contributed by atoms with van der Waals surface area (Å²) in [5, 5.41) is 9.54. The van der Waals surface area contributed by atoms with Gasteiger partial charge in [-0.2, -0.15) is 0 Å². The van der Waals surface area contributed by atoms with E-state index in [1.165, 1.54) is 5.56 Å². The van der Waals surface area contributed by atoms with E-state index in [4.69, 9.17) is 0 Å². The Kier molecular flexibility index (Phi) is 3.10. The molecular weight excluding hydrogens is 160 g/mol. The molecule has 0 fully saturated rings. The van der Waals surface area contributed by atoms with Gasteiger partial charge in [0.15, 0.2) is 0 Å². The molecule has 13 heavy (non-hydrogen) atoms. The molecule has 0 aliphatic heterocycles. The van der Waals surface area contributed by atoms with Gasteiger partial charge in [-0.15, -0.1) is 0 Å². The van der Waals surface area contributed by atoms with Gasteiger partial charge in [-0.3, -0.25) is 0 Å². The number of benzene rings is 1. The van der Waals surface area contributed by atoms with Crippen LogP contribution in [0.4, 0.5) is 0 Å². The first kappa shape index (κ1) is 10.3. The Morgan fingerprint density at radius 3 is 2.23 bits per heavy atom. The summed E-state index contributed by atoms with van der Waals surface area (Å²) in [6.45, 7) is 6.03. The van der Waals surface area contributed by atoms with Crippen LogP contribution in [0.25, 0.3) is 0 Å². The van der Waals surface area contributed by atoms with Gasteiger partial charge < -0.3 is 5.11 Å². The minimum absolute atomic E-state index is 0.0403. The summed E-state index contributed by atoms with van der Waals surface area (Å²) in [5.41, 5.74) is 1.25. The highest BCUT2D eigenvalue weighted by Crippen LogP contribution is 2.25. The average Bonchev–Trinajstić information content (AvgIpc) is 2.05. The van der Waals surface area contributed by atoms with Crippen molar-refractivity contribution < 1.29 is 5.11 Å². The van der Waals surface area contributed by atoms with Crippen molar-refractivity contribution in [2.24, 2.45) is 5.41 Å². The predicted molar refractivity (Wildman–Crippen MR) is 55.6 cm³/mol. The van der Waals surface area contributed by atoms with Gasteiger partial charge in [0.2, 0.25) is 0 Å². The van der Waals surface area contributed by atoms with E-state index in [0.717, 1.165) is 6.42 Å². The molecule has 72 valence electrons. The SMILES string of the molecule is C[C@@H](O)C(C)(C)Cc1ccccc1. The van der Waals surface area contributed by atoms with Crippen molar-refractivity contribution in [1.82, 2.24) is 0 Å². The summed E-state index contributed by atoms with van der Waals surface area (Å²) >= 11 is 0. The van der Waals surface area contributed by atoms with E-state index in [-0.39, 0.29) is 11.5 Å². The lowest BCUT2D eigenvalue weighted by atomic mass is 9.81. The Hall–Kier alpha value is -0.820. The molecule has 1 nitrogen and oxygen atoms in total. The van der Waals surface area contributed by atoms with E-state index in [1.807, 2.05) is 25.1 Å². The van der Waals surface area contributed by atoms with E-state index in [9.17, 15) is 5.11 Å². The van der Waals surface area contributed by atoms with Crippen molar-refractivity contribution >= 4 is 0 Å². The van der Waals surface area contributed by atoms with Crippen LogP contribution in [0.5, 0.6) is 0 Å². The zero-order valence-electron chi connectivity index (χ0n) is 8.62. The highest BCUT2D eigenvalue weighted by molar-refractivity contribution is 5.16. The fourth-order valence-corrected chi connectivity index (χ4v) is 1.27. The van der Waals surface area contributed by atoms with Gasteiger partial charge in [0.05, 0.1) is 6.10 Å². The quantitative estimate of drug-likeness (QED) is 0.754. The molecule has 0 radical (unpaired) electrons. The standard InChI is InChI=1S/C12H18O/c1-10(13)12(2,3)9-11-7-5-4-6-8-11/h4-8,10,13H,9H2,1-3H3/t10-/m1/s1. The van der Waals surface area contributed by atoms with Crippen LogP contribution in [0, 0.1) is 5.41 Å². The van der Waals surface area contributed by atoms with Crippen molar-refractivity contribution in [3.05, 3.63) is 35.9 Å². The summed E-state index contributed by atoms with van der Waals surface area (Å²) in [6, 6.07) is 10.3. The van der Waals surface area contributed by atoms with Gasteiger partial charge in [-0.25, -0.2) is 0 Å². The number of hydrogen-bond acceptors (Lipinski definition) is 1. The molecule has 1 N–H and O–H groups in total. The lowest BCUT2D eigenvalue weighted by Gasteiger charge is -2.27. The third kappa shape index (κ3) is 2.85. The first-order chi connectivity index (χ1) is 6.02. The summed E-state index contributed by atoms with van der Waals surface area (Å²) in [6.07, 6.45) is 0.651. The lowest BCUT2D eigenvalue weighted by molar-refractivity contribution is 0.0665. The zero-order valence-corrected chi connectivity index (χ0v) is 8.62. The van der Waals surface area contributed by atoms with E-state index >= 15 is 0 Å². The molecule has 0 saturated carbocycles. The second kappa shape index (κ2) is 3.93. The van der Waals surface area contributed by atoms with Crippen molar-refractivity contribution in [2.45, 2.75) is 33.3 Å². The third-order valence-corrected chi connectivity index (χ3v) is 2.63. The van der Waals surface area contributed by atoms with Gasteiger partial charge >= 0.3 is 0 Å². The van der Waals surface area contributed by atoms with Gasteiger partial charge in [-0.1, -0.05) is 44.2 Å². The Bertz CT molecular complexity index is 249. The molecule has 0 unspecified atom stereocenters. The number of rotatable bonds is 3. The Balaban J connectivity index is 2.69. The monoisotopic (exact) mass is 178 g/mol. The Labute approximate surface area is 80.4 Å². The van der Waals surface area contributed by atoms with Gasteiger partial charge in [0.1, 0.15) is 0 Å². The topological polar surface area (TPSA) is 20.2 Å². The van der Waals surface area contributed by atoms with E-state index in [2.05, 4.69) is 26.0 Å². The Morgan fingerprint density at radius 1 is 1.23 bits per heavy atom. The van der Waals surface area contributed by atoms with Crippen molar-refractivity contribution in [3.8, 4) is 0 Å². The van der Waals surface area contributed by atoms with E-state index in [0.29, 0.717) is 0 Å². The van der Waals surface area contributed by atoms with Crippen LogP contribution < -0.4 is 0 Å². The Morgan fingerprint density at radius 2 is 1.77 bits per heavy atom. The smallest absolute Gasteiger partial charge is 0.0566 e. The highest BCUT2D eigenvalue weighted by atomic mass is 16.3. The molecule has 0 heterocycles. The molecule has 0 aliphatic carbocycles. The molecule has 0 aliphatic rings. The van der Waals surface area contributed by atoms with Gasteiger partial charge in [0.25, 0.3) is 0 Å². The molecule has 0 bridgehead atoms. The predicted octanol–water partition coefficient (Wildman–Crippen LogP) is 2.64. The van der Waals surface area contributed by atoms with Gasteiger partial charge in [0, 0.05) is 0 Å². The molecule has 0 aromatic heterocycles. The highest BCUT2D eigenvalue weighted by Gasteiger charge is 2.23. The maximum atomic E-state index is 9.54. The third-order valence-electron chi connectivity index (χ3n) is 2.63. The summed E-state index contributed by atoms with van der Waals surface area (Å²) in [7, 11) is 0. The lowest BCUT2D eigenvalue weighted by Crippen LogP contribution is -2.28. The molecular formula is C12H18O. The molecule has 1 aromatic carbocycles. The maximum Gasteiger partial charge on any atom is 0.0566 e. The summed E-state index contributed by atoms with van der Waals surface area (Å²) < 4.78 is 0. The van der Waals surface area contributed by atoms with Crippen molar-refractivity contribution in [2.75, 3.05) is 0 Å². The second-order valence-corrected chi connectivity index (χ2v) is 4.33. The van der Waals surface area contributed by atoms with Crippen molar-refractivity contribution in [3.63, 3.8) is 0 Å². The van der Waals surface area contributed by atoms with Crippen LogP contribution in [-0.2, 0) is 6.42 Å². The zero-order chi connectivity index (χ0) is 9.90. The molecule has 1 rings (SSSR count). The van der Waals surface area contributed by atoms with Gasteiger partial charge in [-0.05, 0) is 24.3 Å². The molecule has 1 heteroatoms. The second-order valence-electron chi connectivity index (χ2n) is 4.33. The van der Waals surface area contributed by atoms with E-state index in [1.54, 1.807) is 0 Å². The number of hydrogen-bond donors (Lipinski definition) is 1. The number of aliphatic hydroxyl groups is 1.